The van der Waals surface area contributed by atoms with Gasteiger partial charge < -0.3 is 4.57 Å². The van der Waals surface area contributed by atoms with Crippen molar-refractivity contribution in [3.05, 3.63) is 54.1 Å². The molecule has 0 aliphatic rings. The van der Waals surface area contributed by atoms with Gasteiger partial charge in [0.1, 0.15) is 5.82 Å². The highest BCUT2D eigenvalue weighted by Crippen LogP contribution is 2.08. The van der Waals surface area contributed by atoms with Crippen LogP contribution in [0.3, 0.4) is 0 Å². The van der Waals surface area contributed by atoms with Gasteiger partial charge in [-0.25, -0.2) is 4.98 Å². The third-order valence-corrected chi connectivity index (χ3v) is 3.64. The van der Waals surface area contributed by atoms with Crippen LogP contribution in [0.1, 0.15) is 38.1 Å². The standard InChI is InChI=1S/C17H25N3/c1-3-5-12-19(4-2)15-17-18-11-13-20(17)14-16-9-7-6-8-10-16/h6-11,13H,3-5,12,14-15H2,1-2H3. The van der Waals surface area contributed by atoms with Crippen LogP contribution in [0.2, 0.25) is 0 Å². The van der Waals surface area contributed by atoms with Crippen molar-refractivity contribution in [1.82, 2.24) is 14.5 Å². The van der Waals surface area contributed by atoms with E-state index in [0.717, 1.165) is 32.0 Å². The minimum Gasteiger partial charge on any atom is -0.329 e. The van der Waals surface area contributed by atoms with E-state index in [1.54, 1.807) is 0 Å². The zero-order chi connectivity index (χ0) is 14.2. The van der Waals surface area contributed by atoms with Crippen molar-refractivity contribution >= 4 is 0 Å². The smallest absolute Gasteiger partial charge is 0.123 e. The van der Waals surface area contributed by atoms with Crippen LogP contribution in [-0.2, 0) is 13.1 Å². The molecule has 3 nitrogen and oxygen atoms in total. The molecule has 0 radical (unpaired) electrons. The first-order chi connectivity index (χ1) is 9.83. The first kappa shape index (κ1) is 14.8. The molecule has 1 aromatic carbocycles. The molecule has 108 valence electrons. The van der Waals surface area contributed by atoms with E-state index < -0.39 is 0 Å². The Morgan fingerprint density at radius 1 is 1.15 bits per heavy atom. The van der Waals surface area contributed by atoms with Crippen LogP contribution in [0.4, 0.5) is 0 Å². The molecular formula is C17H25N3. The van der Waals surface area contributed by atoms with Crippen molar-refractivity contribution in [2.75, 3.05) is 13.1 Å². The highest BCUT2D eigenvalue weighted by Gasteiger charge is 2.08. The fraction of sp³-hybridized carbons (Fsp3) is 0.471. The van der Waals surface area contributed by atoms with Crippen molar-refractivity contribution in [1.29, 1.82) is 0 Å². The number of unbranched alkanes of at least 4 members (excludes halogenated alkanes) is 1. The fourth-order valence-corrected chi connectivity index (χ4v) is 2.35. The number of rotatable bonds is 8. The van der Waals surface area contributed by atoms with Gasteiger partial charge in [-0.3, -0.25) is 4.90 Å². The number of aromatic nitrogens is 2. The summed E-state index contributed by atoms with van der Waals surface area (Å²) in [6.07, 6.45) is 6.49. The van der Waals surface area contributed by atoms with Crippen LogP contribution in [0.15, 0.2) is 42.7 Å². The Balaban J connectivity index is 2.00. The second-order valence-electron chi connectivity index (χ2n) is 5.18. The Kier molecular flexibility index (Phi) is 5.81. The van der Waals surface area contributed by atoms with Gasteiger partial charge in [0.25, 0.3) is 0 Å². The Labute approximate surface area is 122 Å². The maximum atomic E-state index is 4.53. The lowest BCUT2D eigenvalue weighted by molar-refractivity contribution is 0.265. The number of hydrogen-bond acceptors (Lipinski definition) is 2. The molecule has 0 N–H and O–H groups in total. The summed E-state index contributed by atoms with van der Waals surface area (Å²) in [7, 11) is 0. The summed E-state index contributed by atoms with van der Waals surface area (Å²) >= 11 is 0. The number of imidazole rings is 1. The maximum absolute atomic E-state index is 4.53. The molecule has 0 fully saturated rings. The van der Waals surface area contributed by atoms with Gasteiger partial charge in [0, 0.05) is 18.9 Å². The average molecular weight is 271 g/mol. The quantitative estimate of drug-likeness (QED) is 0.732. The van der Waals surface area contributed by atoms with Crippen molar-refractivity contribution in [2.24, 2.45) is 0 Å². The van der Waals surface area contributed by atoms with E-state index in [9.17, 15) is 0 Å². The summed E-state index contributed by atoms with van der Waals surface area (Å²) in [5, 5.41) is 0. The second kappa shape index (κ2) is 7.85. The highest BCUT2D eigenvalue weighted by molar-refractivity contribution is 5.15. The van der Waals surface area contributed by atoms with Gasteiger partial charge in [0.2, 0.25) is 0 Å². The van der Waals surface area contributed by atoms with E-state index in [-0.39, 0.29) is 0 Å². The Bertz CT molecular complexity index is 490. The normalized spacial score (nSPS) is 11.2. The van der Waals surface area contributed by atoms with E-state index in [1.165, 1.54) is 18.4 Å². The zero-order valence-corrected chi connectivity index (χ0v) is 12.6. The molecule has 0 unspecified atom stereocenters. The fourth-order valence-electron chi connectivity index (χ4n) is 2.35. The molecule has 0 saturated heterocycles. The summed E-state index contributed by atoms with van der Waals surface area (Å²) in [5.74, 6) is 1.16. The topological polar surface area (TPSA) is 21.1 Å². The average Bonchev–Trinajstić information content (AvgIpc) is 2.91. The third-order valence-electron chi connectivity index (χ3n) is 3.64. The molecular weight excluding hydrogens is 246 g/mol. The number of nitrogens with zero attached hydrogens (tertiary/aromatic N) is 3. The van der Waals surface area contributed by atoms with Gasteiger partial charge >= 0.3 is 0 Å². The van der Waals surface area contributed by atoms with Crippen molar-refractivity contribution in [2.45, 2.75) is 39.8 Å². The molecule has 1 heterocycles. The molecule has 2 aromatic rings. The summed E-state index contributed by atoms with van der Waals surface area (Å²) < 4.78 is 2.25. The largest absolute Gasteiger partial charge is 0.329 e. The molecule has 0 saturated carbocycles. The summed E-state index contributed by atoms with van der Waals surface area (Å²) in [5.41, 5.74) is 1.32. The SMILES string of the molecule is CCCCN(CC)Cc1nccn1Cc1ccccc1. The van der Waals surface area contributed by atoms with Crippen molar-refractivity contribution in [3.63, 3.8) is 0 Å². The van der Waals surface area contributed by atoms with E-state index in [4.69, 9.17) is 0 Å². The molecule has 0 atom stereocenters. The van der Waals surface area contributed by atoms with Gasteiger partial charge in [-0.05, 0) is 25.1 Å². The molecule has 0 spiro atoms. The van der Waals surface area contributed by atoms with Gasteiger partial charge in [0.05, 0.1) is 6.54 Å². The predicted molar refractivity (Wildman–Crippen MR) is 83.6 cm³/mol. The zero-order valence-electron chi connectivity index (χ0n) is 12.6. The molecule has 0 aliphatic heterocycles. The van der Waals surface area contributed by atoms with Gasteiger partial charge in [-0.2, -0.15) is 0 Å². The molecule has 2 rings (SSSR count). The van der Waals surface area contributed by atoms with Crippen molar-refractivity contribution < 1.29 is 0 Å². The van der Waals surface area contributed by atoms with Crippen LogP contribution < -0.4 is 0 Å². The number of benzene rings is 1. The Hall–Kier alpha value is -1.61. The van der Waals surface area contributed by atoms with E-state index in [2.05, 4.69) is 64.8 Å². The number of hydrogen-bond donors (Lipinski definition) is 0. The van der Waals surface area contributed by atoms with E-state index >= 15 is 0 Å². The lowest BCUT2D eigenvalue weighted by atomic mass is 10.2. The molecule has 0 bridgehead atoms. The predicted octanol–water partition coefficient (Wildman–Crippen LogP) is 3.55. The van der Waals surface area contributed by atoms with Crippen molar-refractivity contribution in [3.8, 4) is 0 Å². The van der Waals surface area contributed by atoms with E-state index in [0.29, 0.717) is 0 Å². The molecule has 20 heavy (non-hydrogen) atoms. The van der Waals surface area contributed by atoms with Crippen LogP contribution in [0.5, 0.6) is 0 Å². The van der Waals surface area contributed by atoms with E-state index in [1.807, 2.05) is 6.20 Å². The summed E-state index contributed by atoms with van der Waals surface area (Å²) in [6.45, 7) is 8.55. The Morgan fingerprint density at radius 3 is 2.65 bits per heavy atom. The van der Waals surface area contributed by atoms with Gasteiger partial charge in [-0.1, -0.05) is 50.6 Å². The lowest BCUT2D eigenvalue weighted by Gasteiger charge is -2.20. The molecule has 0 aliphatic carbocycles. The molecule has 3 heteroatoms. The molecule has 1 aromatic heterocycles. The minimum atomic E-state index is 0.904. The first-order valence-corrected chi connectivity index (χ1v) is 7.59. The van der Waals surface area contributed by atoms with Crippen LogP contribution in [0, 0.1) is 0 Å². The summed E-state index contributed by atoms with van der Waals surface area (Å²) in [4.78, 5) is 7.00. The Morgan fingerprint density at radius 2 is 1.95 bits per heavy atom. The van der Waals surface area contributed by atoms with Crippen LogP contribution in [0.25, 0.3) is 0 Å². The maximum Gasteiger partial charge on any atom is 0.123 e. The second-order valence-corrected chi connectivity index (χ2v) is 5.18. The van der Waals surface area contributed by atoms with Gasteiger partial charge in [-0.15, -0.1) is 0 Å². The first-order valence-electron chi connectivity index (χ1n) is 7.59. The molecule has 0 amide bonds. The minimum absolute atomic E-state index is 0.904. The van der Waals surface area contributed by atoms with Gasteiger partial charge in [0.15, 0.2) is 0 Å². The van der Waals surface area contributed by atoms with Crippen LogP contribution in [-0.4, -0.2) is 27.5 Å². The third kappa shape index (κ3) is 4.20. The lowest BCUT2D eigenvalue weighted by Crippen LogP contribution is -2.26. The highest BCUT2D eigenvalue weighted by atomic mass is 15.2. The monoisotopic (exact) mass is 271 g/mol. The summed E-state index contributed by atoms with van der Waals surface area (Å²) in [6, 6.07) is 10.6. The van der Waals surface area contributed by atoms with Crippen LogP contribution >= 0.6 is 0 Å².